The van der Waals surface area contributed by atoms with Gasteiger partial charge in [0, 0.05) is 13.1 Å². The van der Waals surface area contributed by atoms with Gasteiger partial charge in [-0.15, -0.1) is 0 Å². The van der Waals surface area contributed by atoms with Crippen molar-refractivity contribution in [3.05, 3.63) is 40.1 Å². The number of aliphatic hydroxyl groups is 2. The van der Waals surface area contributed by atoms with Crippen molar-refractivity contribution in [2.24, 2.45) is 0 Å². The fourth-order valence-corrected chi connectivity index (χ4v) is 4.99. The van der Waals surface area contributed by atoms with Crippen molar-refractivity contribution in [2.75, 3.05) is 20.2 Å². The van der Waals surface area contributed by atoms with Gasteiger partial charge in [-0.25, -0.2) is 0 Å². The molecule has 1 saturated heterocycles. The number of hydroxylamine groups is 2. The van der Waals surface area contributed by atoms with E-state index in [2.05, 4.69) is 17.4 Å². The van der Waals surface area contributed by atoms with Crippen LogP contribution in [-0.2, 0) is 9.63 Å². The van der Waals surface area contributed by atoms with Gasteiger partial charge >= 0.3 is 0 Å². The van der Waals surface area contributed by atoms with E-state index >= 15 is 0 Å². The summed E-state index contributed by atoms with van der Waals surface area (Å²) in [6, 6.07) is 4.10. The van der Waals surface area contributed by atoms with Gasteiger partial charge in [-0.3, -0.25) is 4.79 Å². The molecule has 1 amide bonds. The summed E-state index contributed by atoms with van der Waals surface area (Å²) in [5, 5.41) is 24.7. The number of piperidine rings is 1. The zero-order valence-corrected chi connectivity index (χ0v) is 18.8. The molecule has 3 N–H and O–H groups in total. The maximum Gasteiger partial charge on any atom is 0.256 e. The first-order valence-corrected chi connectivity index (χ1v) is 11.1. The van der Waals surface area contributed by atoms with Gasteiger partial charge in [0.2, 0.25) is 0 Å². The van der Waals surface area contributed by atoms with E-state index in [1.807, 2.05) is 25.8 Å². The lowest BCUT2D eigenvalue weighted by molar-refractivity contribution is -0.152. The van der Waals surface area contributed by atoms with E-state index in [1.54, 1.807) is 7.11 Å². The Bertz CT molecular complexity index is 780. The first-order valence-electron chi connectivity index (χ1n) is 11.1. The number of nitrogens with one attached hydrogen (secondary N) is 1. The Morgan fingerprint density at radius 3 is 2.10 bits per heavy atom. The molecular formula is C24H36N2O4. The van der Waals surface area contributed by atoms with Crippen LogP contribution in [0.5, 0.6) is 0 Å². The number of hydrogen-bond donors (Lipinski definition) is 3. The summed E-state index contributed by atoms with van der Waals surface area (Å²) in [7, 11) is 1.64. The van der Waals surface area contributed by atoms with Crippen molar-refractivity contribution in [3.8, 4) is 0 Å². The number of amides is 1. The Hall–Kier alpha value is -1.89. The van der Waals surface area contributed by atoms with Crippen LogP contribution in [0.1, 0.15) is 67.2 Å². The highest BCUT2D eigenvalue weighted by Crippen LogP contribution is 2.40. The normalized spacial score (nSPS) is 22.1. The van der Waals surface area contributed by atoms with Crippen LogP contribution < -0.4 is 5.32 Å². The van der Waals surface area contributed by atoms with Crippen LogP contribution in [0.25, 0.3) is 5.57 Å². The van der Waals surface area contributed by atoms with Crippen LogP contribution in [0.4, 0.5) is 0 Å². The third kappa shape index (κ3) is 4.71. The summed E-state index contributed by atoms with van der Waals surface area (Å²) in [4.78, 5) is 17.9. The average Bonchev–Trinajstić information content (AvgIpc) is 2.93. The maximum atomic E-state index is 12.6. The van der Waals surface area contributed by atoms with E-state index in [0.29, 0.717) is 31.5 Å². The van der Waals surface area contributed by atoms with Gasteiger partial charge in [-0.1, -0.05) is 37.0 Å². The van der Waals surface area contributed by atoms with Gasteiger partial charge in [0.25, 0.3) is 5.91 Å². The van der Waals surface area contributed by atoms with Crippen LogP contribution >= 0.6 is 0 Å². The highest BCUT2D eigenvalue weighted by molar-refractivity contribution is 6.24. The molecule has 1 saturated carbocycles. The Morgan fingerprint density at radius 2 is 1.63 bits per heavy atom. The third-order valence-corrected chi connectivity index (χ3v) is 6.61. The highest BCUT2D eigenvalue weighted by atomic mass is 16.7. The van der Waals surface area contributed by atoms with Crippen molar-refractivity contribution in [2.45, 2.75) is 77.4 Å². The Balaban J connectivity index is 0.000000310. The molecular weight excluding hydrogens is 380 g/mol. The molecule has 0 radical (unpaired) electrons. The lowest BCUT2D eigenvalue weighted by Gasteiger charge is -2.37. The predicted octanol–water partition coefficient (Wildman–Crippen LogP) is 3.72. The van der Waals surface area contributed by atoms with E-state index in [0.717, 1.165) is 35.1 Å². The molecule has 1 aromatic rings. The van der Waals surface area contributed by atoms with Crippen molar-refractivity contribution in [3.63, 3.8) is 0 Å². The molecule has 1 aromatic carbocycles. The van der Waals surface area contributed by atoms with Crippen LogP contribution in [0, 0.1) is 20.8 Å². The molecule has 6 nitrogen and oxygen atoms in total. The van der Waals surface area contributed by atoms with E-state index in [-0.39, 0.29) is 17.8 Å². The largest absolute Gasteiger partial charge is 0.509 e. The van der Waals surface area contributed by atoms with Gasteiger partial charge in [-0.2, -0.15) is 5.06 Å². The number of nitrogens with zero attached hydrogens (tertiary/aromatic N) is 1. The quantitative estimate of drug-likeness (QED) is 0.685. The number of aryl methyl sites for hydroxylation is 3. The van der Waals surface area contributed by atoms with Crippen LogP contribution in [0.15, 0.2) is 17.9 Å². The smallest absolute Gasteiger partial charge is 0.256 e. The molecule has 0 bridgehead atoms. The van der Waals surface area contributed by atoms with Crippen molar-refractivity contribution in [1.82, 2.24) is 10.4 Å². The van der Waals surface area contributed by atoms with Crippen molar-refractivity contribution < 1.29 is 19.8 Å². The Morgan fingerprint density at radius 1 is 1.07 bits per heavy atom. The molecule has 2 fully saturated rings. The molecule has 3 aliphatic rings. The molecule has 1 aliphatic carbocycles. The molecule has 6 heteroatoms. The van der Waals surface area contributed by atoms with Gasteiger partial charge in [0.05, 0.1) is 18.8 Å². The summed E-state index contributed by atoms with van der Waals surface area (Å²) in [5.41, 5.74) is 3.84. The molecule has 0 atom stereocenters. The molecule has 0 unspecified atom stereocenters. The molecule has 166 valence electrons. The van der Waals surface area contributed by atoms with E-state index in [1.165, 1.54) is 19.3 Å². The number of carbonyl (C=O) groups excluding carboxylic acids is 1. The minimum absolute atomic E-state index is 0.0359. The third-order valence-electron chi connectivity index (χ3n) is 6.61. The van der Waals surface area contributed by atoms with E-state index in [4.69, 9.17) is 9.94 Å². The zero-order valence-electron chi connectivity index (χ0n) is 18.8. The first-order chi connectivity index (χ1) is 14.3. The fraction of sp³-hybridized carbons (Fsp3) is 0.625. The molecule has 0 aromatic heterocycles. The van der Waals surface area contributed by atoms with Gasteiger partial charge in [-0.05, 0) is 63.1 Å². The number of hydrogen-bond acceptors (Lipinski definition) is 5. The second kappa shape index (κ2) is 9.50. The second-order valence-electron chi connectivity index (χ2n) is 8.94. The number of carbonyl (C=O) groups is 1. The van der Waals surface area contributed by atoms with Gasteiger partial charge in [0.15, 0.2) is 0 Å². The van der Waals surface area contributed by atoms with E-state index < -0.39 is 5.54 Å². The molecule has 4 rings (SSSR count). The minimum Gasteiger partial charge on any atom is -0.509 e. The Kier molecular flexibility index (Phi) is 7.22. The fourth-order valence-electron chi connectivity index (χ4n) is 4.99. The zero-order chi connectivity index (χ0) is 21.9. The predicted molar refractivity (Wildman–Crippen MR) is 118 cm³/mol. The number of benzene rings is 1. The summed E-state index contributed by atoms with van der Waals surface area (Å²) in [6.45, 7) is 7.37. The highest BCUT2D eigenvalue weighted by Gasteiger charge is 2.48. The lowest BCUT2D eigenvalue weighted by atomic mass is 9.85. The van der Waals surface area contributed by atoms with Crippen LogP contribution in [0.2, 0.25) is 0 Å². The van der Waals surface area contributed by atoms with E-state index in [9.17, 15) is 9.90 Å². The molecule has 1 spiro atoms. The summed E-state index contributed by atoms with van der Waals surface area (Å²) < 4.78 is 0. The van der Waals surface area contributed by atoms with Gasteiger partial charge in [0.1, 0.15) is 11.3 Å². The molecule has 2 heterocycles. The Labute approximate surface area is 179 Å². The summed E-state index contributed by atoms with van der Waals surface area (Å²) >= 11 is 0. The number of rotatable bonds is 2. The van der Waals surface area contributed by atoms with Crippen molar-refractivity contribution >= 4 is 11.5 Å². The molecule has 2 aliphatic heterocycles. The average molecular weight is 417 g/mol. The van der Waals surface area contributed by atoms with Crippen LogP contribution in [-0.4, -0.2) is 53.0 Å². The lowest BCUT2D eigenvalue weighted by Crippen LogP contribution is -2.52. The van der Waals surface area contributed by atoms with Crippen molar-refractivity contribution in [1.29, 1.82) is 0 Å². The minimum atomic E-state index is -0.648. The summed E-state index contributed by atoms with van der Waals surface area (Å²) in [5.74, 6) is 0.0109. The van der Waals surface area contributed by atoms with Crippen LogP contribution in [0.3, 0.4) is 0 Å². The van der Waals surface area contributed by atoms with Gasteiger partial charge < -0.3 is 20.4 Å². The standard InChI is InChI=1S/C18H24N2O3.C6H12O/c1-11-9-12(2)14(13(3)10-11)15-16(21)18(19-17(15)22)5-7-20(23-4)8-6-18;7-6-4-2-1-3-5-6/h9-10,21H,5-8H2,1-4H3,(H,19,22);6-7H,1-5H2. The molecule has 30 heavy (non-hydrogen) atoms. The topological polar surface area (TPSA) is 82.0 Å². The summed E-state index contributed by atoms with van der Waals surface area (Å²) in [6.07, 6.45) is 7.21. The monoisotopic (exact) mass is 416 g/mol. The SMILES string of the molecule is CON1CCC2(CC1)NC(=O)C(c1c(C)cc(C)cc1C)=C2O.OC1CCCCC1. The number of aliphatic hydroxyl groups excluding tert-OH is 2. The first kappa shape index (κ1) is 22.8. The second-order valence-corrected chi connectivity index (χ2v) is 8.94. The maximum absolute atomic E-state index is 12.6.